The van der Waals surface area contributed by atoms with E-state index in [1.807, 2.05) is 6.07 Å². The van der Waals surface area contributed by atoms with E-state index in [4.69, 9.17) is 5.73 Å². The second-order valence-electron chi connectivity index (χ2n) is 8.37. The van der Waals surface area contributed by atoms with Crippen molar-refractivity contribution in [2.24, 2.45) is 5.73 Å². The van der Waals surface area contributed by atoms with Crippen LogP contribution >= 0.6 is 0 Å². The molecule has 0 aromatic heterocycles. The van der Waals surface area contributed by atoms with Crippen molar-refractivity contribution in [3.8, 4) is 0 Å². The van der Waals surface area contributed by atoms with Crippen molar-refractivity contribution in [3.63, 3.8) is 0 Å². The lowest BCUT2D eigenvalue weighted by Crippen LogP contribution is -2.42. The van der Waals surface area contributed by atoms with E-state index >= 15 is 0 Å². The van der Waals surface area contributed by atoms with Crippen LogP contribution in [0.15, 0.2) is 42.5 Å². The summed E-state index contributed by atoms with van der Waals surface area (Å²) in [6, 6.07) is 14.1. The number of halogens is 1. The average Bonchev–Trinajstić information content (AvgIpc) is 2.74. The third kappa shape index (κ3) is 4.49. The zero-order chi connectivity index (χ0) is 19.3. The van der Waals surface area contributed by atoms with Crippen LogP contribution in [0, 0.1) is 5.82 Å². The minimum atomic E-state index is -0.168. The quantitative estimate of drug-likeness (QED) is 0.727. The van der Waals surface area contributed by atoms with E-state index in [1.165, 1.54) is 55.0 Å². The first-order valence-electron chi connectivity index (χ1n) is 10.8. The van der Waals surface area contributed by atoms with Crippen LogP contribution in [0.1, 0.15) is 62.0 Å². The summed E-state index contributed by atoms with van der Waals surface area (Å²) in [6.07, 6.45) is 8.91. The van der Waals surface area contributed by atoms with Gasteiger partial charge in [-0.1, -0.05) is 37.5 Å². The van der Waals surface area contributed by atoms with Crippen molar-refractivity contribution in [2.75, 3.05) is 23.3 Å². The Morgan fingerprint density at radius 2 is 1.86 bits per heavy atom. The maximum atomic E-state index is 13.6. The van der Waals surface area contributed by atoms with E-state index in [2.05, 4.69) is 28.4 Å². The number of nitrogens with two attached hydrogens (primary N) is 1. The highest BCUT2D eigenvalue weighted by molar-refractivity contribution is 5.56. The molecule has 28 heavy (non-hydrogen) atoms. The topological polar surface area (TPSA) is 41.3 Å². The average molecular weight is 382 g/mol. The molecule has 3 nitrogen and oxygen atoms in total. The summed E-state index contributed by atoms with van der Waals surface area (Å²) in [7, 11) is 0. The van der Waals surface area contributed by atoms with Gasteiger partial charge < -0.3 is 16.0 Å². The fourth-order valence-electron chi connectivity index (χ4n) is 4.82. The molecular formula is C24H32FN3. The van der Waals surface area contributed by atoms with Gasteiger partial charge in [-0.05, 0) is 67.0 Å². The monoisotopic (exact) mass is 381 g/mol. The molecule has 1 aliphatic heterocycles. The number of nitrogens with one attached hydrogen (secondary N) is 1. The van der Waals surface area contributed by atoms with Gasteiger partial charge in [0.25, 0.3) is 0 Å². The van der Waals surface area contributed by atoms with E-state index in [1.54, 1.807) is 12.1 Å². The number of nitrogens with zero attached hydrogens (tertiary/aromatic N) is 1. The molecule has 4 heteroatoms. The van der Waals surface area contributed by atoms with Crippen LogP contribution in [-0.4, -0.2) is 19.1 Å². The van der Waals surface area contributed by atoms with Crippen molar-refractivity contribution in [3.05, 3.63) is 59.4 Å². The third-order valence-corrected chi connectivity index (χ3v) is 6.38. The van der Waals surface area contributed by atoms with Gasteiger partial charge in [0.15, 0.2) is 0 Å². The lowest BCUT2D eigenvalue weighted by atomic mass is 9.83. The first-order chi connectivity index (χ1) is 13.7. The van der Waals surface area contributed by atoms with Gasteiger partial charge in [0.2, 0.25) is 0 Å². The zero-order valence-corrected chi connectivity index (χ0v) is 16.7. The Morgan fingerprint density at radius 1 is 1.00 bits per heavy atom. The predicted octanol–water partition coefficient (Wildman–Crippen LogP) is 5.41. The van der Waals surface area contributed by atoms with Crippen LogP contribution in [0.5, 0.6) is 0 Å². The predicted molar refractivity (Wildman–Crippen MR) is 115 cm³/mol. The van der Waals surface area contributed by atoms with E-state index in [0.717, 1.165) is 31.6 Å². The maximum Gasteiger partial charge on any atom is 0.125 e. The van der Waals surface area contributed by atoms with Crippen molar-refractivity contribution in [1.82, 2.24) is 0 Å². The summed E-state index contributed by atoms with van der Waals surface area (Å²) in [6.45, 7) is 2.42. The van der Waals surface area contributed by atoms with E-state index in [9.17, 15) is 4.39 Å². The molecule has 0 amide bonds. The number of rotatable bonds is 5. The molecular weight excluding hydrogens is 349 g/mol. The summed E-state index contributed by atoms with van der Waals surface area (Å²) in [5, 5.41) is 3.78. The molecule has 3 N–H and O–H groups in total. The molecule has 150 valence electrons. The van der Waals surface area contributed by atoms with Crippen LogP contribution in [0.4, 0.5) is 15.8 Å². The first kappa shape index (κ1) is 19.3. The Bertz CT molecular complexity index is 785. The smallest absolute Gasteiger partial charge is 0.125 e. The standard InChI is InChI=1S/C24H32FN3/c25-21-8-4-10-23(15-21)28-13-5-9-22(17-28)27-24-14-19(11-12-20(24)16-26)18-6-2-1-3-7-18/h4,8,10-12,14-15,18,22,27H,1-3,5-7,9,13,16-17,26H2/t22-/m1/s1. The van der Waals surface area contributed by atoms with E-state index in [-0.39, 0.29) is 5.82 Å². The van der Waals surface area contributed by atoms with Gasteiger partial charge >= 0.3 is 0 Å². The number of benzene rings is 2. The molecule has 2 aromatic carbocycles. The molecule has 1 saturated heterocycles. The van der Waals surface area contributed by atoms with Gasteiger partial charge in [-0.25, -0.2) is 4.39 Å². The SMILES string of the molecule is NCc1ccc(C2CCCCC2)cc1N[C@@H]1CCCN(c2cccc(F)c2)C1. The van der Waals surface area contributed by atoms with Crippen LogP contribution in [0.2, 0.25) is 0 Å². The minimum Gasteiger partial charge on any atom is -0.380 e. The third-order valence-electron chi connectivity index (χ3n) is 6.38. The summed E-state index contributed by atoms with van der Waals surface area (Å²) in [5.41, 5.74) is 10.8. The molecule has 2 fully saturated rings. The second kappa shape index (κ2) is 8.95. The first-order valence-corrected chi connectivity index (χ1v) is 10.8. The van der Waals surface area contributed by atoms with Crippen molar-refractivity contribution >= 4 is 11.4 Å². The minimum absolute atomic E-state index is 0.168. The van der Waals surface area contributed by atoms with Gasteiger partial charge in [0, 0.05) is 37.1 Å². The van der Waals surface area contributed by atoms with Gasteiger partial charge in [-0.3, -0.25) is 0 Å². The highest BCUT2D eigenvalue weighted by Crippen LogP contribution is 2.35. The number of hydrogen-bond acceptors (Lipinski definition) is 3. The lowest BCUT2D eigenvalue weighted by molar-refractivity contribution is 0.443. The Labute approximate surface area is 168 Å². The fourth-order valence-corrected chi connectivity index (χ4v) is 4.82. The van der Waals surface area contributed by atoms with Crippen molar-refractivity contribution < 1.29 is 4.39 Å². The second-order valence-corrected chi connectivity index (χ2v) is 8.37. The fraction of sp³-hybridized carbons (Fsp3) is 0.500. The van der Waals surface area contributed by atoms with Crippen molar-refractivity contribution in [1.29, 1.82) is 0 Å². The van der Waals surface area contributed by atoms with Gasteiger partial charge in [-0.2, -0.15) is 0 Å². The molecule has 1 saturated carbocycles. The molecule has 0 bridgehead atoms. The molecule has 4 rings (SSSR count). The summed E-state index contributed by atoms with van der Waals surface area (Å²) in [5.74, 6) is 0.523. The van der Waals surface area contributed by atoms with Gasteiger partial charge in [0.1, 0.15) is 5.82 Å². The van der Waals surface area contributed by atoms with Crippen LogP contribution in [-0.2, 0) is 6.54 Å². The normalized spacial score (nSPS) is 20.9. The Balaban J connectivity index is 1.49. The molecule has 0 spiro atoms. The molecule has 0 radical (unpaired) electrons. The number of hydrogen-bond donors (Lipinski definition) is 2. The van der Waals surface area contributed by atoms with Gasteiger partial charge in [0.05, 0.1) is 0 Å². The summed E-state index contributed by atoms with van der Waals surface area (Å²) in [4.78, 5) is 2.29. The van der Waals surface area contributed by atoms with Crippen LogP contribution in [0.25, 0.3) is 0 Å². The van der Waals surface area contributed by atoms with Crippen molar-refractivity contribution in [2.45, 2.75) is 63.5 Å². The molecule has 1 atom stereocenters. The molecule has 2 aromatic rings. The summed E-state index contributed by atoms with van der Waals surface area (Å²) >= 11 is 0. The Hall–Kier alpha value is -2.07. The maximum absolute atomic E-state index is 13.6. The zero-order valence-electron chi connectivity index (χ0n) is 16.7. The highest BCUT2D eigenvalue weighted by Gasteiger charge is 2.22. The highest BCUT2D eigenvalue weighted by atomic mass is 19.1. The lowest BCUT2D eigenvalue weighted by Gasteiger charge is -2.36. The van der Waals surface area contributed by atoms with Crippen LogP contribution in [0.3, 0.4) is 0 Å². The largest absolute Gasteiger partial charge is 0.380 e. The van der Waals surface area contributed by atoms with Crippen LogP contribution < -0.4 is 16.0 Å². The van der Waals surface area contributed by atoms with E-state index in [0.29, 0.717) is 18.5 Å². The van der Waals surface area contributed by atoms with E-state index < -0.39 is 0 Å². The van der Waals surface area contributed by atoms with Gasteiger partial charge in [-0.15, -0.1) is 0 Å². The Morgan fingerprint density at radius 3 is 2.64 bits per heavy atom. The molecule has 0 unspecified atom stereocenters. The Kier molecular flexibility index (Phi) is 6.16. The number of anilines is 2. The summed E-state index contributed by atoms with van der Waals surface area (Å²) < 4.78 is 13.6. The molecule has 2 aliphatic rings. The molecule has 1 heterocycles. The molecule has 1 aliphatic carbocycles. The number of piperidine rings is 1.